The van der Waals surface area contributed by atoms with Gasteiger partial charge in [0.15, 0.2) is 0 Å². The summed E-state index contributed by atoms with van der Waals surface area (Å²) in [6.45, 7) is 7.07. The number of aryl methyl sites for hydroxylation is 1. The zero-order chi connectivity index (χ0) is 13.0. The van der Waals surface area contributed by atoms with Crippen LogP contribution >= 0.6 is 0 Å². The Morgan fingerprint density at radius 3 is 2.61 bits per heavy atom. The molecule has 1 aromatic rings. The molecule has 0 fully saturated rings. The number of hydrogen-bond donors (Lipinski definition) is 2. The van der Waals surface area contributed by atoms with E-state index in [1.54, 1.807) is 4.90 Å². The highest BCUT2D eigenvalue weighted by Crippen LogP contribution is 2.27. The van der Waals surface area contributed by atoms with Crippen LogP contribution in [0.15, 0.2) is 18.2 Å². The minimum absolute atomic E-state index is 0.504. The second-order valence-corrected chi connectivity index (χ2v) is 5.51. The van der Waals surface area contributed by atoms with Crippen LogP contribution < -0.4 is 4.90 Å². The largest absolute Gasteiger partial charge is 0.508 e. The van der Waals surface area contributed by atoms with Gasteiger partial charge in [-0.1, -0.05) is 26.0 Å². The van der Waals surface area contributed by atoms with E-state index in [9.17, 15) is 5.11 Å². The molecule has 0 spiro atoms. The summed E-state index contributed by atoms with van der Waals surface area (Å²) in [6.07, 6.45) is 5.95. The van der Waals surface area contributed by atoms with E-state index in [0.717, 1.165) is 12.8 Å². The van der Waals surface area contributed by atoms with E-state index >= 15 is 0 Å². The van der Waals surface area contributed by atoms with E-state index in [4.69, 9.17) is 0 Å². The van der Waals surface area contributed by atoms with Crippen molar-refractivity contribution >= 4 is 0 Å². The van der Waals surface area contributed by atoms with Gasteiger partial charge in [0.2, 0.25) is 0 Å². The van der Waals surface area contributed by atoms with Crippen molar-refractivity contribution in [1.82, 2.24) is 0 Å². The second-order valence-electron chi connectivity index (χ2n) is 5.51. The predicted octanol–water partition coefficient (Wildman–Crippen LogP) is 1.95. The van der Waals surface area contributed by atoms with Gasteiger partial charge in [-0.25, -0.2) is 0 Å². The average molecular weight is 248 g/mol. The Bertz CT molecular complexity index is 383. The first kappa shape index (κ1) is 13.4. The van der Waals surface area contributed by atoms with Crippen LogP contribution in [0, 0.1) is 0 Å². The molecular weight excluding hydrogens is 222 g/mol. The maximum atomic E-state index is 10.0. The lowest BCUT2D eigenvalue weighted by atomic mass is 9.86. The summed E-state index contributed by atoms with van der Waals surface area (Å²) in [5.41, 5.74) is 2.57. The average Bonchev–Trinajstić information content (AvgIpc) is 2.39. The van der Waals surface area contributed by atoms with E-state index in [2.05, 4.69) is 19.9 Å². The number of benzene rings is 1. The minimum Gasteiger partial charge on any atom is -0.508 e. The van der Waals surface area contributed by atoms with Crippen molar-refractivity contribution in [2.45, 2.75) is 52.0 Å². The summed E-state index contributed by atoms with van der Waals surface area (Å²) in [5, 5.41) is 10.0. The molecule has 0 saturated heterocycles. The number of hydrogen-bond acceptors (Lipinski definition) is 1. The molecule has 0 aromatic heterocycles. The van der Waals surface area contributed by atoms with Crippen molar-refractivity contribution in [1.29, 1.82) is 0 Å². The van der Waals surface area contributed by atoms with Gasteiger partial charge in [0.05, 0.1) is 19.1 Å². The van der Waals surface area contributed by atoms with E-state index < -0.39 is 0 Å². The molecule has 1 atom stereocenters. The highest BCUT2D eigenvalue weighted by atomic mass is 16.3. The standard InChI is InChI=1S/C16H25NO/c1-3-10-17(11-4-2)14-9-8-13-6-5-7-16(18)15(13)12-14/h5-7,14,18H,3-4,8-12H2,1-2H3/p+1/t14-/m0/s1. The first-order valence-electron chi connectivity index (χ1n) is 7.40. The third-order valence-electron chi connectivity index (χ3n) is 4.18. The smallest absolute Gasteiger partial charge is 0.119 e. The Morgan fingerprint density at radius 2 is 1.94 bits per heavy atom. The molecule has 2 nitrogen and oxygen atoms in total. The summed E-state index contributed by atoms with van der Waals surface area (Å²) in [4.78, 5) is 1.73. The van der Waals surface area contributed by atoms with E-state index in [0.29, 0.717) is 11.8 Å². The van der Waals surface area contributed by atoms with Crippen molar-refractivity contribution in [3.8, 4) is 5.75 Å². The van der Waals surface area contributed by atoms with Gasteiger partial charge in [-0.2, -0.15) is 0 Å². The molecule has 0 radical (unpaired) electrons. The van der Waals surface area contributed by atoms with E-state index in [-0.39, 0.29) is 0 Å². The molecule has 2 heteroatoms. The molecule has 1 aliphatic rings. The van der Waals surface area contributed by atoms with Gasteiger partial charge in [0.1, 0.15) is 5.75 Å². The number of fused-ring (bicyclic) bond motifs is 1. The van der Waals surface area contributed by atoms with Crippen LogP contribution in [0.4, 0.5) is 0 Å². The number of phenolic OH excluding ortho intramolecular Hbond substituents is 1. The SMILES string of the molecule is CCC[NH+](CCC)[C@H]1CCc2cccc(O)c2C1. The summed E-state index contributed by atoms with van der Waals surface area (Å²) in [7, 11) is 0. The molecule has 2 rings (SSSR count). The molecule has 1 aromatic carbocycles. The number of nitrogens with one attached hydrogen (secondary N) is 1. The number of quaternary nitrogens is 1. The third kappa shape index (κ3) is 2.86. The van der Waals surface area contributed by atoms with Crippen LogP contribution in [-0.2, 0) is 12.8 Å². The summed E-state index contributed by atoms with van der Waals surface area (Å²) >= 11 is 0. The molecular formula is C16H26NO+. The van der Waals surface area contributed by atoms with E-state index in [1.165, 1.54) is 43.5 Å². The van der Waals surface area contributed by atoms with Crippen molar-refractivity contribution < 1.29 is 10.0 Å². The monoisotopic (exact) mass is 248 g/mol. The van der Waals surface area contributed by atoms with Crippen LogP contribution in [-0.4, -0.2) is 24.2 Å². The van der Waals surface area contributed by atoms with Crippen LogP contribution in [0.3, 0.4) is 0 Å². The number of phenols is 1. The summed E-state index contributed by atoms with van der Waals surface area (Å²) in [6, 6.07) is 6.67. The lowest BCUT2D eigenvalue weighted by Gasteiger charge is -2.32. The highest BCUT2D eigenvalue weighted by Gasteiger charge is 2.27. The van der Waals surface area contributed by atoms with Crippen LogP contribution in [0.5, 0.6) is 5.75 Å². The molecule has 0 aliphatic heterocycles. The quantitative estimate of drug-likeness (QED) is 0.818. The van der Waals surface area contributed by atoms with Crippen LogP contribution in [0.1, 0.15) is 44.2 Å². The Hall–Kier alpha value is -1.02. The first-order chi connectivity index (χ1) is 8.76. The lowest BCUT2D eigenvalue weighted by Crippen LogP contribution is -3.16. The molecule has 1 aliphatic carbocycles. The first-order valence-corrected chi connectivity index (χ1v) is 7.40. The molecule has 100 valence electrons. The molecule has 0 saturated carbocycles. The lowest BCUT2D eigenvalue weighted by molar-refractivity contribution is -0.926. The Labute approximate surface area is 111 Å². The molecule has 2 N–H and O–H groups in total. The zero-order valence-electron chi connectivity index (χ0n) is 11.7. The fourth-order valence-corrected chi connectivity index (χ4v) is 3.29. The summed E-state index contributed by atoms with van der Waals surface area (Å²) in [5.74, 6) is 0.504. The highest BCUT2D eigenvalue weighted by molar-refractivity contribution is 5.41. The van der Waals surface area contributed by atoms with Gasteiger partial charge in [0, 0.05) is 18.4 Å². The van der Waals surface area contributed by atoms with Gasteiger partial charge in [-0.15, -0.1) is 0 Å². The molecule has 0 amide bonds. The maximum absolute atomic E-state index is 10.0. The maximum Gasteiger partial charge on any atom is 0.119 e. The van der Waals surface area contributed by atoms with E-state index in [1.807, 2.05) is 12.1 Å². The normalized spacial score (nSPS) is 18.9. The summed E-state index contributed by atoms with van der Waals surface area (Å²) < 4.78 is 0. The Balaban J connectivity index is 2.12. The molecule has 18 heavy (non-hydrogen) atoms. The fraction of sp³-hybridized carbons (Fsp3) is 0.625. The Kier molecular flexibility index (Phi) is 4.65. The number of aromatic hydroxyl groups is 1. The molecule has 0 bridgehead atoms. The predicted molar refractivity (Wildman–Crippen MR) is 75.2 cm³/mol. The number of rotatable bonds is 5. The third-order valence-corrected chi connectivity index (χ3v) is 4.18. The Morgan fingerprint density at radius 1 is 1.22 bits per heavy atom. The molecule has 0 heterocycles. The van der Waals surface area contributed by atoms with Gasteiger partial charge >= 0.3 is 0 Å². The van der Waals surface area contributed by atoms with Crippen molar-refractivity contribution in [3.05, 3.63) is 29.3 Å². The van der Waals surface area contributed by atoms with Crippen molar-refractivity contribution in [3.63, 3.8) is 0 Å². The van der Waals surface area contributed by atoms with Crippen molar-refractivity contribution in [2.75, 3.05) is 13.1 Å². The van der Waals surface area contributed by atoms with Crippen LogP contribution in [0.2, 0.25) is 0 Å². The van der Waals surface area contributed by atoms with Crippen molar-refractivity contribution in [2.24, 2.45) is 0 Å². The van der Waals surface area contributed by atoms with Gasteiger partial charge in [-0.3, -0.25) is 0 Å². The topological polar surface area (TPSA) is 24.7 Å². The zero-order valence-corrected chi connectivity index (χ0v) is 11.7. The molecule has 0 unspecified atom stereocenters. The minimum atomic E-state index is 0.504. The second kappa shape index (κ2) is 6.24. The van der Waals surface area contributed by atoms with Gasteiger partial charge < -0.3 is 10.0 Å². The van der Waals surface area contributed by atoms with Gasteiger partial charge in [-0.05, 0) is 30.9 Å². The van der Waals surface area contributed by atoms with Gasteiger partial charge in [0.25, 0.3) is 0 Å². The fourth-order valence-electron chi connectivity index (χ4n) is 3.29. The van der Waals surface area contributed by atoms with Crippen LogP contribution in [0.25, 0.3) is 0 Å².